The number of hydrogen-bond acceptors (Lipinski definition) is 2. The Hall–Kier alpha value is -0.930. The fourth-order valence-electron chi connectivity index (χ4n) is 2.68. The molecule has 1 N–H and O–H groups in total. The van der Waals surface area contributed by atoms with Crippen LogP contribution in [0.25, 0.3) is 0 Å². The van der Waals surface area contributed by atoms with Gasteiger partial charge in [0.1, 0.15) is 5.82 Å². The minimum absolute atomic E-state index is 0.159. The van der Waals surface area contributed by atoms with Gasteiger partial charge in [-0.1, -0.05) is 26.0 Å². The molecule has 112 valence electrons. The Morgan fingerprint density at radius 2 is 1.95 bits per heavy atom. The first-order valence-electron chi connectivity index (χ1n) is 7.94. The maximum absolute atomic E-state index is 13.0. The molecule has 0 amide bonds. The van der Waals surface area contributed by atoms with Crippen molar-refractivity contribution in [3.63, 3.8) is 0 Å². The summed E-state index contributed by atoms with van der Waals surface area (Å²) in [6, 6.07) is 7.25. The van der Waals surface area contributed by atoms with Gasteiger partial charge >= 0.3 is 0 Å². The van der Waals surface area contributed by atoms with Gasteiger partial charge in [-0.25, -0.2) is 4.39 Å². The summed E-state index contributed by atoms with van der Waals surface area (Å²) in [5.41, 5.74) is 1.19. The molecule has 20 heavy (non-hydrogen) atoms. The lowest BCUT2D eigenvalue weighted by Gasteiger charge is -2.24. The van der Waals surface area contributed by atoms with Gasteiger partial charge < -0.3 is 10.2 Å². The maximum Gasteiger partial charge on any atom is 0.123 e. The van der Waals surface area contributed by atoms with Crippen LogP contribution in [0.4, 0.5) is 4.39 Å². The predicted molar refractivity (Wildman–Crippen MR) is 82.3 cm³/mol. The highest BCUT2D eigenvalue weighted by atomic mass is 19.1. The van der Waals surface area contributed by atoms with Gasteiger partial charge in [0.25, 0.3) is 0 Å². The quantitative estimate of drug-likeness (QED) is 0.742. The molecule has 1 aliphatic carbocycles. The van der Waals surface area contributed by atoms with E-state index in [0.29, 0.717) is 6.04 Å². The number of hydrogen-bond donors (Lipinski definition) is 1. The second-order valence-corrected chi connectivity index (χ2v) is 5.79. The molecule has 1 aliphatic rings. The summed E-state index contributed by atoms with van der Waals surface area (Å²) in [5.74, 6) is 0.784. The number of rotatable bonds is 9. The highest BCUT2D eigenvalue weighted by molar-refractivity contribution is 5.19. The zero-order chi connectivity index (χ0) is 14.4. The topological polar surface area (TPSA) is 15.3 Å². The highest BCUT2D eigenvalue weighted by Crippen LogP contribution is 2.30. The Morgan fingerprint density at radius 3 is 2.50 bits per heavy atom. The summed E-state index contributed by atoms with van der Waals surface area (Å²) in [7, 11) is 0. The van der Waals surface area contributed by atoms with Gasteiger partial charge in [-0.15, -0.1) is 0 Å². The standard InChI is InChI=1S/C17H27FN2/c1-3-19-17(15-7-9-16(18)10-8-15)11-12-20(4-2)13-14-5-6-14/h7-10,14,17,19H,3-6,11-13H2,1-2H3. The fourth-order valence-corrected chi connectivity index (χ4v) is 2.68. The molecule has 0 heterocycles. The first kappa shape index (κ1) is 15.5. The van der Waals surface area contributed by atoms with E-state index in [1.165, 1.54) is 24.9 Å². The first-order valence-corrected chi connectivity index (χ1v) is 7.94. The van der Waals surface area contributed by atoms with Crippen molar-refractivity contribution in [1.82, 2.24) is 10.2 Å². The monoisotopic (exact) mass is 278 g/mol. The molecule has 0 aromatic heterocycles. The third-order valence-electron chi connectivity index (χ3n) is 4.12. The Kier molecular flexibility index (Phi) is 5.99. The third kappa shape index (κ3) is 4.88. The molecule has 1 unspecified atom stereocenters. The zero-order valence-electron chi connectivity index (χ0n) is 12.7. The lowest BCUT2D eigenvalue weighted by atomic mass is 10.0. The van der Waals surface area contributed by atoms with Crippen molar-refractivity contribution in [1.29, 1.82) is 0 Å². The van der Waals surface area contributed by atoms with E-state index in [1.807, 2.05) is 12.1 Å². The van der Waals surface area contributed by atoms with Gasteiger partial charge in [-0.05, 0) is 62.5 Å². The molecule has 0 radical (unpaired) electrons. The second-order valence-electron chi connectivity index (χ2n) is 5.79. The summed E-state index contributed by atoms with van der Waals surface area (Å²) in [6.45, 7) is 8.79. The molecular formula is C17H27FN2. The van der Waals surface area contributed by atoms with Gasteiger partial charge in [0.15, 0.2) is 0 Å². The molecule has 1 aromatic rings. The van der Waals surface area contributed by atoms with E-state index in [0.717, 1.165) is 32.0 Å². The van der Waals surface area contributed by atoms with Crippen LogP contribution < -0.4 is 5.32 Å². The van der Waals surface area contributed by atoms with Crippen molar-refractivity contribution < 1.29 is 4.39 Å². The molecule has 0 saturated heterocycles. The Morgan fingerprint density at radius 1 is 1.25 bits per heavy atom. The van der Waals surface area contributed by atoms with Crippen molar-refractivity contribution >= 4 is 0 Å². The number of halogens is 1. The maximum atomic E-state index is 13.0. The van der Waals surface area contributed by atoms with Crippen LogP contribution in [0, 0.1) is 11.7 Å². The molecule has 1 saturated carbocycles. The summed E-state index contributed by atoms with van der Waals surface area (Å²) >= 11 is 0. The zero-order valence-corrected chi connectivity index (χ0v) is 12.7. The third-order valence-corrected chi connectivity index (χ3v) is 4.12. The molecule has 1 aromatic carbocycles. The molecule has 0 bridgehead atoms. The Balaban J connectivity index is 1.88. The van der Waals surface area contributed by atoms with E-state index in [9.17, 15) is 4.39 Å². The van der Waals surface area contributed by atoms with E-state index >= 15 is 0 Å². The van der Waals surface area contributed by atoms with E-state index in [2.05, 4.69) is 24.1 Å². The fraction of sp³-hybridized carbons (Fsp3) is 0.647. The molecule has 1 fully saturated rings. The van der Waals surface area contributed by atoms with Crippen molar-refractivity contribution in [2.75, 3.05) is 26.2 Å². The van der Waals surface area contributed by atoms with Crippen LogP contribution in [0.2, 0.25) is 0 Å². The SMILES string of the molecule is CCNC(CCN(CC)CC1CC1)c1ccc(F)cc1. The Labute approximate surface area is 122 Å². The molecule has 0 aliphatic heterocycles. The van der Waals surface area contributed by atoms with Crippen LogP contribution in [-0.2, 0) is 0 Å². The normalized spacial score (nSPS) is 16.6. The minimum Gasteiger partial charge on any atom is -0.310 e. The summed E-state index contributed by atoms with van der Waals surface area (Å²) in [5, 5.41) is 3.52. The summed E-state index contributed by atoms with van der Waals surface area (Å²) in [4.78, 5) is 2.55. The summed E-state index contributed by atoms with van der Waals surface area (Å²) < 4.78 is 13.0. The molecular weight excluding hydrogens is 251 g/mol. The average molecular weight is 278 g/mol. The molecule has 0 spiro atoms. The van der Waals surface area contributed by atoms with Crippen molar-refractivity contribution in [2.24, 2.45) is 5.92 Å². The van der Waals surface area contributed by atoms with Gasteiger partial charge in [0.05, 0.1) is 0 Å². The predicted octanol–water partition coefficient (Wildman–Crippen LogP) is 3.60. The van der Waals surface area contributed by atoms with Gasteiger partial charge in [0.2, 0.25) is 0 Å². The van der Waals surface area contributed by atoms with Crippen LogP contribution >= 0.6 is 0 Å². The van der Waals surface area contributed by atoms with Crippen LogP contribution in [0.1, 0.15) is 44.7 Å². The van der Waals surface area contributed by atoms with Crippen molar-refractivity contribution in [2.45, 2.75) is 39.2 Å². The molecule has 2 nitrogen and oxygen atoms in total. The molecule has 3 heteroatoms. The van der Waals surface area contributed by atoms with Gasteiger partial charge in [-0.2, -0.15) is 0 Å². The lowest BCUT2D eigenvalue weighted by Crippen LogP contribution is -2.31. The number of benzene rings is 1. The van der Waals surface area contributed by atoms with E-state index in [-0.39, 0.29) is 5.82 Å². The van der Waals surface area contributed by atoms with Crippen molar-refractivity contribution in [3.05, 3.63) is 35.6 Å². The lowest BCUT2D eigenvalue weighted by molar-refractivity contribution is 0.259. The smallest absolute Gasteiger partial charge is 0.123 e. The largest absolute Gasteiger partial charge is 0.310 e. The van der Waals surface area contributed by atoms with Crippen LogP contribution in [0.15, 0.2) is 24.3 Å². The summed E-state index contributed by atoms with van der Waals surface area (Å²) in [6.07, 6.45) is 3.90. The van der Waals surface area contributed by atoms with Gasteiger partial charge in [-0.3, -0.25) is 0 Å². The second kappa shape index (κ2) is 7.75. The van der Waals surface area contributed by atoms with E-state index in [4.69, 9.17) is 0 Å². The first-order chi connectivity index (χ1) is 9.72. The van der Waals surface area contributed by atoms with Crippen LogP contribution in [0.5, 0.6) is 0 Å². The van der Waals surface area contributed by atoms with E-state index in [1.54, 1.807) is 12.1 Å². The van der Waals surface area contributed by atoms with Crippen LogP contribution in [-0.4, -0.2) is 31.1 Å². The average Bonchev–Trinajstić information content (AvgIpc) is 3.27. The molecule has 1 atom stereocenters. The Bertz CT molecular complexity index is 386. The molecule has 2 rings (SSSR count). The highest BCUT2D eigenvalue weighted by Gasteiger charge is 2.24. The van der Waals surface area contributed by atoms with Crippen molar-refractivity contribution in [3.8, 4) is 0 Å². The van der Waals surface area contributed by atoms with Crippen LogP contribution in [0.3, 0.4) is 0 Å². The van der Waals surface area contributed by atoms with E-state index < -0.39 is 0 Å². The number of nitrogens with one attached hydrogen (secondary N) is 1. The minimum atomic E-state index is -0.159. The van der Waals surface area contributed by atoms with Gasteiger partial charge in [0, 0.05) is 12.6 Å². The number of nitrogens with zero attached hydrogens (tertiary/aromatic N) is 1.